The molecule has 172 valence electrons. The first-order valence-corrected chi connectivity index (χ1v) is 10.5. The number of hydrogen-bond acceptors (Lipinski definition) is 5. The summed E-state index contributed by atoms with van der Waals surface area (Å²) in [6.45, 7) is 8.62. The minimum Gasteiger partial charge on any atom is -0.481 e. The Kier molecular flexibility index (Phi) is 13.2. The average molecular weight is 441 g/mol. The highest BCUT2D eigenvalue weighted by molar-refractivity contribution is 5.75. The number of carbonyl (C=O) groups excluding carboxylic acids is 1. The quantitative estimate of drug-likeness (QED) is 0.262. The van der Waals surface area contributed by atoms with Crippen molar-refractivity contribution in [3.63, 3.8) is 0 Å². The summed E-state index contributed by atoms with van der Waals surface area (Å²) in [6, 6.07) is 14.6. The molecular weight excluding hydrogens is 408 g/mol. The first-order chi connectivity index (χ1) is 15.4. The summed E-state index contributed by atoms with van der Waals surface area (Å²) in [5.74, 6) is -0.795. The summed E-state index contributed by atoms with van der Waals surface area (Å²) in [5, 5.41) is 18.0. The fourth-order valence-electron chi connectivity index (χ4n) is 2.64. The van der Waals surface area contributed by atoms with Crippen molar-refractivity contribution >= 4 is 18.3 Å². The van der Waals surface area contributed by atoms with E-state index in [1.54, 1.807) is 12.1 Å². The van der Waals surface area contributed by atoms with Gasteiger partial charge in [-0.3, -0.25) is 9.59 Å². The highest BCUT2D eigenvalue weighted by atomic mass is 16.7. The summed E-state index contributed by atoms with van der Waals surface area (Å²) in [7, 11) is 0. The Hall–Kier alpha value is -3.06. The van der Waals surface area contributed by atoms with Gasteiger partial charge in [-0.05, 0) is 31.4 Å². The zero-order chi connectivity index (χ0) is 23.8. The Morgan fingerprint density at radius 2 is 1.50 bits per heavy atom. The molecule has 0 radical (unpaired) electrons. The van der Waals surface area contributed by atoms with Crippen LogP contribution in [0, 0.1) is 0 Å². The second-order valence-electron chi connectivity index (χ2n) is 6.71. The van der Waals surface area contributed by atoms with E-state index in [9.17, 15) is 14.7 Å². The van der Waals surface area contributed by atoms with E-state index in [2.05, 4.69) is 6.58 Å². The van der Waals surface area contributed by atoms with Crippen molar-refractivity contribution in [1.82, 2.24) is 0 Å². The third-order valence-electron chi connectivity index (χ3n) is 4.32. The van der Waals surface area contributed by atoms with Gasteiger partial charge >= 0.3 is 5.97 Å². The lowest BCUT2D eigenvalue weighted by molar-refractivity contribution is -0.140. The van der Waals surface area contributed by atoms with Crippen molar-refractivity contribution < 1.29 is 29.3 Å². The number of aliphatic hydroxyl groups excluding tert-OH is 1. The molecule has 0 spiro atoms. The minimum atomic E-state index is -0.795. The van der Waals surface area contributed by atoms with Gasteiger partial charge in [0.2, 0.25) is 0 Å². The van der Waals surface area contributed by atoms with Gasteiger partial charge in [-0.1, -0.05) is 66.8 Å². The highest BCUT2D eigenvalue weighted by Gasteiger charge is 2.11. The van der Waals surface area contributed by atoms with Crippen molar-refractivity contribution in [2.24, 2.45) is 0 Å². The predicted molar refractivity (Wildman–Crippen MR) is 125 cm³/mol. The normalized spacial score (nSPS) is 11.6. The average Bonchev–Trinajstić information content (AvgIpc) is 2.82. The lowest BCUT2D eigenvalue weighted by atomic mass is 10.1. The van der Waals surface area contributed by atoms with Crippen LogP contribution in [0.25, 0.3) is 6.08 Å². The van der Waals surface area contributed by atoms with Crippen LogP contribution in [-0.2, 0) is 14.3 Å². The van der Waals surface area contributed by atoms with Crippen LogP contribution in [0.3, 0.4) is 0 Å². The molecule has 1 unspecified atom stereocenters. The Morgan fingerprint density at radius 1 is 0.969 bits per heavy atom. The van der Waals surface area contributed by atoms with Gasteiger partial charge in [0.15, 0.2) is 6.29 Å². The number of aliphatic carboxylic acids is 1. The Balaban J connectivity index is 0.000000323. The molecule has 0 bridgehead atoms. The number of carboxylic acids is 1. The van der Waals surface area contributed by atoms with Crippen LogP contribution in [0.5, 0.6) is 0 Å². The lowest BCUT2D eigenvalue weighted by Crippen LogP contribution is -2.09. The maximum Gasteiger partial charge on any atom is 0.303 e. The zero-order valence-corrected chi connectivity index (χ0v) is 18.6. The number of benzene rings is 2. The molecule has 2 aromatic carbocycles. The SMILES string of the molecule is C=CC(O)c1ccc(C(OCC)OCC)cc1.O=Cc1ccc(C=CCCC(=O)O)cc1. The molecule has 32 heavy (non-hydrogen) atoms. The van der Waals surface area contributed by atoms with E-state index in [-0.39, 0.29) is 12.7 Å². The van der Waals surface area contributed by atoms with E-state index in [1.807, 2.05) is 62.4 Å². The monoisotopic (exact) mass is 440 g/mol. The van der Waals surface area contributed by atoms with Crippen LogP contribution in [0.2, 0.25) is 0 Å². The van der Waals surface area contributed by atoms with Gasteiger partial charge in [-0.2, -0.15) is 0 Å². The van der Waals surface area contributed by atoms with Crippen LogP contribution >= 0.6 is 0 Å². The maximum atomic E-state index is 10.4. The summed E-state index contributed by atoms with van der Waals surface area (Å²) < 4.78 is 11.0. The molecule has 0 heterocycles. The Bertz CT molecular complexity index is 834. The van der Waals surface area contributed by atoms with Gasteiger partial charge in [0.05, 0.1) is 6.10 Å². The van der Waals surface area contributed by atoms with E-state index in [4.69, 9.17) is 14.6 Å². The molecule has 0 amide bonds. The van der Waals surface area contributed by atoms with E-state index in [0.717, 1.165) is 23.0 Å². The molecule has 2 rings (SSSR count). The van der Waals surface area contributed by atoms with E-state index < -0.39 is 12.1 Å². The number of aliphatic hydroxyl groups is 1. The summed E-state index contributed by atoms with van der Waals surface area (Å²) in [6.07, 6.45) is 5.65. The number of ether oxygens (including phenoxy) is 2. The first-order valence-electron chi connectivity index (χ1n) is 10.5. The zero-order valence-electron chi connectivity index (χ0n) is 18.6. The smallest absolute Gasteiger partial charge is 0.303 e. The maximum absolute atomic E-state index is 10.4. The number of aldehydes is 1. The van der Waals surface area contributed by atoms with Crippen LogP contribution in [0.15, 0.2) is 67.3 Å². The largest absolute Gasteiger partial charge is 0.481 e. The molecule has 0 aliphatic heterocycles. The number of allylic oxidation sites excluding steroid dienone is 1. The van der Waals surface area contributed by atoms with Gasteiger partial charge in [-0.25, -0.2) is 0 Å². The van der Waals surface area contributed by atoms with E-state index in [0.29, 0.717) is 25.2 Å². The van der Waals surface area contributed by atoms with Gasteiger partial charge < -0.3 is 19.7 Å². The third kappa shape index (κ3) is 10.3. The number of carbonyl (C=O) groups is 2. The number of rotatable bonds is 12. The molecule has 0 fully saturated rings. The van der Waals surface area contributed by atoms with Gasteiger partial charge in [-0.15, -0.1) is 6.58 Å². The standard InChI is InChI=1S/C14H20O3.C12H12O3/c1-4-13(15)11-7-9-12(10-8-11)14(16-5-2)17-6-3;13-9-11-7-5-10(6-8-11)3-1-2-4-12(14)15/h4,7-10,13-15H,1,5-6H2,2-3H3;1,3,5-9H,2,4H2,(H,14,15). The van der Waals surface area contributed by atoms with Crippen LogP contribution < -0.4 is 0 Å². The lowest BCUT2D eigenvalue weighted by Gasteiger charge is -2.17. The third-order valence-corrected chi connectivity index (χ3v) is 4.32. The minimum absolute atomic E-state index is 0.142. The molecular formula is C26H32O6. The van der Waals surface area contributed by atoms with Crippen molar-refractivity contribution in [1.29, 1.82) is 0 Å². The second-order valence-corrected chi connectivity index (χ2v) is 6.71. The van der Waals surface area contributed by atoms with Crippen molar-refractivity contribution in [3.8, 4) is 0 Å². The molecule has 0 aromatic heterocycles. The van der Waals surface area contributed by atoms with Crippen molar-refractivity contribution in [2.45, 2.75) is 39.1 Å². The Morgan fingerprint density at radius 3 is 1.97 bits per heavy atom. The van der Waals surface area contributed by atoms with Crippen LogP contribution in [0.1, 0.15) is 66.1 Å². The van der Waals surface area contributed by atoms with Crippen molar-refractivity contribution in [3.05, 3.63) is 89.5 Å². The molecule has 0 aliphatic rings. The van der Waals surface area contributed by atoms with Crippen LogP contribution in [-0.4, -0.2) is 35.7 Å². The number of hydrogen-bond donors (Lipinski definition) is 2. The molecule has 0 saturated carbocycles. The Labute approximate surface area is 189 Å². The summed E-state index contributed by atoms with van der Waals surface area (Å²) in [5.41, 5.74) is 3.37. The van der Waals surface area contributed by atoms with E-state index >= 15 is 0 Å². The predicted octanol–water partition coefficient (Wildman–Crippen LogP) is 5.35. The fraction of sp³-hybridized carbons (Fsp3) is 0.308. The summed E-state index contributed by atoms with van der Waals surface area (Å²) in [4.78, 5) is 20.6. The first kappa shape index (κ1) is 27.0. The molecule has 0 aliphatic carbocycles. The van der Waals surface area contributed by atoms with Crippen LogP contribution in [0.4, 0.5) is 0 Å². The van der Waals surface area contributed by atoms with Gasteiger partial charge in [0.1, 0.15) is 6.29 Å². The van der Waals surface area contributed by atoms with Crippen molar-refractivity contribution in [2.75, 3.05) is 13.2 Å². The molecule has 6 nitrogen and oxygen atoms in total. The fourth-order valence-corrected chi connectivity index (χ4v) is 2.64. The summed E-state index contributed by atoms with van der Waals surface area (Å²) >= 11 is 0. The second kappa shape index (κ2) is 15.7. The molecule has 2 aromatic rings. The molecule has 6 heteroatoms. The molecule has 2 N–H and O–H groups in total. The molecule has 0 saturated heterocycles. The highest BCUT2D eigenvalue weighted by Crippen LogP contribution is 2.22. The van der Waals surface area contributed by atoms with E-state index in [1.165, 1.54) is 6.08 Å². The number of carboxylic acid groups (broad SMARTS) is 1. The van der Waals surface area contributed by atoms with Gasteiger partial charge in [0, 0.05) is 30.8 Å². The van der Waals surface area contributed by atoms with Gasteiger partial charge in [0.25, 0.3) is 0 Å². The topological polar surface area (TPSA) is 93.1 Å². The molecule has 1 atom stereocenters.